The molecule has 0 fully saturated rings. The average molecular weight is 438 g/mol. The Morgan fingerprint density at radius 1 is 1.16 bits per heavy atom. The first kappa shape index (κ1) is 21.8. The van der Waals surface area contributed by atoms with Crippen molar-refractivity contribution in [2.45, 2.75) is 52.2 Å². The molecule has 7 nitrogen and oxygen atoms in total. The largest absolute Gasteiger partial charge is 0.508 e. The molecular weight excluding hydrogens is 412 g/mol. The van der Waals surface area contributed by atoms with Crippen molar-refractivity contribution >= 4 is 11.0 Å². The zero-order valence-corrected chi connectivity index (χ0v) is 18.4. The lowest BCUT2D eigenvalue weighted by atomic mass is 9.88. The SMILES string of the molecule is CC(C)=CCc1c(O)cc2occ(-c3ccc(O)c4c3OC(C)(C)C(O)C4)c(=O)c2c1O. The Bertz CT molecular complexity index is 1310. The van der Waals surface area contributed by atoms with Crippen LogP contribution in [0.2, 0.25) is 0 Å². The molecule has 0 saturated carbocycles. The minimum Gasteiger partial charge on any atom is -0.508 e. The number of benzene rings is 2. The zero-order chi connectivity index (χ0) is 23.4. The Hall–Kier alpha value is -3.45. The van der Waals surface area contributed by atoms with Crippen molar-refractivity contribution in [2.75, 3.05) is 0 Å². The summed E-state index contributed by atoms with van der Waals surface area (Å²) in [6, 6.07) is 4.29. The van der Waals surface area contributed by atoms with Crippen LogP contribution in [-0.4, -0.2) is 32.1 Å². The van der Waals surface area contributed by atoms with Crippen molar-refractivity contribution in [1.82, 2.24) is 0 Å². The fraction of sp³-hybridized carbons (Fsp3) is 0.320. The highest BCUT2D eigenvalue weighted by Crippen LogP contribution is 2.45. The van der Waals surface area contributed by atoms with E-state index in [2.05, 4.69) is 0 Å². The summed E-state index contributed by atoms with van der Waals surface area (Å²) in [5, 5.41) is 41.8. The second kappa shape index (κ2) is 7.60. The van der Waals surface area contributed by atoms with Gasteiger partial charge in [0.15, 0.2) is 0 Å². The summed E-state index contributed by atoms with van der Waals surface area (Å²) in [5.74, 6) is -0.253. The summed E-state index contributed by atoms with van der Waals surface area (Å²) in [4.78, 5) is 13.5. The van der Waals surface area contributed by atoms with E-state index in [4.69, 9.17) is 9.15 Å². The van der Waals surface area contributed by atoms with Gasteiger partial charge in [0, 0.05) is 29.2 Å². The average Bonchev–Trinajstić information content (AvgIpc) is 2.70. The maximum atomic E-state index is 13.5. The van der Waals surface area contributed by atoms with Gasteiger partial charge in [0.25, 0.3) is 0 Å². The van der Waals surface area contributed by atoms with Crippen LogP contribution in [0, 0.1) is 0 Å². The number of hydrogen-bond acceptors (Lipinski definition) is 7. The van der Waals surface area contributed by atoms with E-state index in [0.29, 0.717) is 11.1 Å². The van der Waals surface area contributed by atoms with Crippen LogP contribution in [0.15, 0.2) is 45.3 Å². The van der Waals surface area contributed by atoms with Crippen LogP contribution >= 0.6 is 0 Å². The molecule has 1 aliphatic heterocycles. The van der Waals surface area contributed by atoms with Crippen molar-refractivity contribution in [2.24, 2.45) is 0 Å². The maximum absolute atomic E-state index is 13.5. The molecule has 0 saturated heterocycles. The fourth-order valence-electron chi connectivity index (χ4n) is 3.90. The van der Waals surface area contributed by atoms with Crippen LogP contribution in [0.3, 0.4) is 0 Å². The van der Waals surface area contributed by atoms with Crippen molar-refractivity contribution in [3.8, 4) is 34.1 Å². The third-order valence-corrected chi connectivity index (χ3v) is 5.93. The van der Waals surface area contributed by atoms with Gasteiger partial charge in [-0.2, -0.15) is 0 Å². The molecule has 1 aliphatic rings. The van der Waals surface area contributed by atoms with Gasteiger partial charge in [0.2, 0.25) is 5.43 Å². The quantitative estimate of drug-likeness (QED) is 0.453. The molecule has 2 aromatic carbocycles. The molecule has 0 amide bonds. The van der Waals surface area contributed by atoms with Gasteiger partial charge in [-0.1, -0.05) is 11.6 Å². The number of phenolic OH excluding ortho intramolecular Hbond substituents is 3. The van der Waals surface area contributed by atoms with Gasteiger partial charge >= 0.3 is 0 Å². The number of aliphatic hydroxyl groups is 1. The fourth-order valence-corrected chi connectivity index (χ4v) is 3.90. The molecule has 32 heavy (non-hydrogen) atoms. The molecule has 1 atom stereocenters. The third-order valence-electron chi connectivity index (χ3n) is 5.93. The Labute approximate surface area is 184 Å². The molecule has 2 heterocycles. The van der Waals surface area contributed by atoms with E-state index in [1.54, 1.807) is 19.9 Å². The monoisotopic (exact) mass is 438 g/mol. The highest BCUT2D eigenvalue weighted by Gasteiger charge is 2.38. The van der Waals surface area contributed by atoms with Crippen LogP contribution < -0.4 is 10.2 Å². The molecule has 4 N–H and O–H groups in total. The lowest BCUT2D eigenvalue weighted by Crippen LogP contribution is -2.46. The van der Waals surface area contributed by atoms with Crippen LogP contribution in [0.4, 0.5) is 0 Å². The molecule has 7 heteroatoms. The van der Waals surface area contributed by atoms with Crippen LogP contribution in [0.25, 0.3) is 22.1 Å². The lowest BCUT2D eigenvalue weighted by molar-refractivity contribution is -0.0412. The highest BCUT2D eigenvalue weighted by atomic mass is 16.5. The smallest absolute Gasteiger partial charge is 0.204 e. The van der Waals surface area contributed by atoms with E-state index in [1.165, 1.54) is 18.4 Å². The van der Waals surface area contributed by atoms with Gasteiger partial charge in [0.05, 0.1) is 11.7 Å². The number of rotatable bonds is 3. The molecule has 0 bridgehead atoms. The van der Waals surface area contributed by atoms with Crippen LogP contribution in [-0.2, 0) is 12.8 Å². The second-order valence-corrected chi connectivity index (χ2v) is 8.93. The lowest BCUT2D eigenvalue weighted by Gasteiger charge is -2.38. The number of ether oxygens (including phenoxy) is 1. The minimum atomic E-state index is -0.933. The summed E-state index contributed by atoms with van der Waals surface area (Å²) in [6.45, 7) is 7.24. The molecule has 0 aliphatic carbocycles. The standard InChI is InChI=1S/C25H26O7/c1-12(2)5-6-14-18(27)10-19-21(22(14)29)23(30)16(11-31-19)13-7-8-17(26)15-9-20(28)25(3,4)32-24(13)15/h5,7-8,10-11,20,26-29H,6,9H2,1-4H3. The van der Waals surface area contributed by atoms with Crippen molar-refractivity contribution in [3.05, 3.63) is 57.5 Å². The van der Waals surface area contributed by atoms with Crippen LogP contribution in [0.5, 0.6) is 23.0 Å². The number of aromatic hydroxyl groups is 3. The highest BCUT2D eigenvalue weighted by molar-refractivity contribution is 5.90. The Balaban J connectivity index is 1.96. The predicted octanol–water partition coefficient (Wildman–Crippen LogP) is 4.16. The topological polar surface area (TPSA) is 120 Å². The number of aliphatic hydroxyl groups excluding tert-OH is 1. The number of hydrogen-bond donors (Lipinski definition) is 4. The maximum Gasteiger partial charge on any atom is 0.204 e. The minimum absolute atomic E-state index is 0.0414. The van der Waals surface area contributed by atoms with E-state index >= 15 is 0 Å². The molecule has 3 aromatic rings. The molecule has 4 rings (SSSR count). The van der Waals surface area contributed by atoms with Crippen LogP contribution in [0.1, 0.15) is 38.8 Å². The summed E-state index contributed by atoms with van der Waals surface area (Å²) in [6.07, 6.45) is 2.65. The first-order chi connectivity index (χ1) is 15.0. The van der Waals surface area contributed by atoms with E-state index < -0.39 is 17.1 Å². The first-order valence-electron chi connectivity index (χ1n) is 10.4. The van der Waals surface area contributed by atoms with E-state index in [0.717, 1.165) is 5.57 Å². The molecular formula is C25H26O7. The molecule has 0 spiro atoms. The van der Waals surface area contributed by atoms with Gasteiger partial charge in [-0.25, -0.2) is 0 Å². The van der Waals surface area contributed by atoms with Gasteiger partial charge in [-0.3, -0.25) is 4.79 Å². The summed E-state index contributed by atoms with van der Waals surface area (Å²) < 4.78 is 11.6. The Morgan fingerprint density at radius 3 is 2.56 bits per heavy atom. The normalized spacial score (nSPS) is 17.0. The third kappa shape index (κ3) is 3.48. The first-order valence-corrected chi connectivity index (χ1v) is 10.4. The second-order valence-electron chi connectivity index (χ2n) is 8.93. The number of fused-ring (bicyclic) bond motifs is 2. The zero-order valence-electron chi connectivity index (χ0n) is 18.4. The van der Waals surface area contributed by atoms with Gasteiger partial charge in [-0.05, 0) is 46.2 Å². The van der Waals surface area contributed by atoms with Crippen molar-refractivity contribution < 1.29 is 29.6 Å². The Morgan fingerprint density at radius 2 is 1.88 bits per heavy atom. The molecule has 0 radical (unpaired) electrons. The van der Waals surface area contributed by atoms with Gasteiger partial charge < -0.3 is 29.6 Å². The van der Waals surface area contributed by atoms with E-state index in [-0.39, 0.29) is 57.9 Å². The summed E-state index contributed by atoms with van der Waals surface area (Å²) in [7, 11) is 0. The molecule has 1 aromatic heterocycles. The Kier molecular flexibility index (Phi) is 5.17. The van der Waals surface area contributed by atoms with Crippen molar-refractivity contribution in [3.63, 3.8) is 0 Å². The summed E-state index contributed by atoms with van der Waals surface area (Å²) >= 11 is 0. The number of allylic oxidation sites excluding steroid dienone is 2. The molecule has 1 unspecified atom stereocenters. The van der Waals surface area contributed by atoms with E-state index in [1.807, 2.05) is 19.9 Å². The number of phenols is 3. The van der Waals surface area contributed by atoms with E-state index in [9.17, 15) is 25.2 Å². The van der Waals surface area contributed by atoms with Gasteiger partial charge in [0.1, 0.15) is 45.8 Å². The predicted molar refractivity (Wildman–Crippen MR) is 120 cm³/mol. The van der Waals surface area contributed by atoms with Crippen molar-refractivity contribution in [1.29, 1.82) is 0 Å². The molecule has 168 valence electrons. The summed E-state index contributed by atoms with van der Waals surface area (Å²) in [5.41, 5.74) is 0.771. The van der Waals surface area contributed by atoms with Gasteiger partial charge in [-0.15, -0.1) is 0 Å².